The van der Waals surface area contributed by atoms with Gasteiger partial charge in [0.1, 0.15) is 5.82 Å². The molecular formula is C24H22FN3O3S2. The minimum Gasteiger partial charge on any atom is -0.282 e. The third-order valence-electron chi connectivity index (χ3n) is 5.19. The Morgan fingerprint density at radius 3 is 2.58 bits per heavy atom. The van der Waals surface area contributed by atoms with Crippen molar-refractivity contribution in [3.63, 3.8) is 0 Å². The van der Waals surface area contributed by atoms with Gasteiger partial charge < -0.3 is 0 Å². The lowest BCUT2D eigenvalue weighted by Crippen LogP contribution is -2.32. The zero-order valence-electron chi connectivity index (χ0n) is 17.9. The number of rotatable bonds is 8. The van der Waals surface area contributed by atoms with Gasteiger partial charge in [0, 0.05) is 12.6 Å². The number of carbonyl (C=O) groups excluding carboxylic acids is 1. The van der Waals surface area contributed by atoms with Crippen molar-refractivity contribution in [2.75, 3.05) is 10.7 Å². The summed E-state index contributed by atoms with van der Waals surface area (Å²) in [7, 11) is -3.74. The molecule has 2 aromatic heterocycles. The lowest BCUT2D eigenvalue weighted by atomic mass is 10.2. The largest absolute Gasteiger partial charge is 0.282 e. The summed E-state index contributed by atoms with van der Waals surface area (Å²) in [6, 6.07) is 16.0. The van der Waals surface area contributed by atoms with Crippen molar-refractivity contribution >= 4 is 42.4 Å². The lowest BCUT2D eigenvalue weighted by Gasteiger charge is -2.19. The second kappa shape index (κ2) is 9.76. The van der Waals surface area contributed by atoms with Crippen LogP contribution in [0.4, 0.5) is 9.52 Å². The number of hydrogen-bond donors (Lipinski definition) is 0. The van der Waals surface area contributed by atoms with Crippen LogP contribution < -0.4 is 4.90 Å². The van der Waals surface area contributed by atoms with Crippen LogP contribution in [0.2, 0.25) is 0 Å². The number of pyridine rings is 1. The highest BCUT2D eigenvalue weighted by Crippen LogP contribution is 2.31. The van der Waals surface area contributed by atoms with E-state index in [1.165, 1.54) is 33.9 Å². The summed E-state index contributed by atoms with van der Waals surface area (Å²) < 4.78 is 39.4. The standard InChI is InChI=1S/C24H22FN3O3S2/c1-2-17-6-11-21-22(15-17)32-24(27-21)28(16-19-5-3-4-13-26-19)23(29)12-14-33(30,31)20-9-7-18(25)8-10-20/h3-11,13,15H,2,12,14,16H2,1H3. The molecule has 0 fully saturated rings. The molecule has 0 atom stereocenters. The number of sulfone groups is 1. The Kier molecular flexibility index (Phi) is 6.80. The molecule has 0 aliphatic carbocycles. The SMILES string of the molecule is CCc1ccc2nc(N(Cc3ccccn3)C(=O)CCS(=O)(=O)c3ccc(F)cc3)sc2c1. The number of fused-ring (bicyclic) bond motifs is 1. The summed E-state index contributed by atoms with van der Waals surface area (Å²) in [5.41, 5.74) is 2.62. The molecule has 0 bridgehead atoms. The number of amides is 1. The molecular weight excluding hydrogens is 461 g/mol. The molecule has 4 rings (SSSR count). The summed E-state index contributed by atoms with van der Waals surface area (Å²) in [5.74, 6) is -1.28. The van der Waals surface area contributed by atoms with Crippen molar-refractivity contribution in [1.29, 1.82) is 0 Å². The maximum atomic E-state index is 13.2. The molecule has 2 aromatic carbocycles. The molecule has 1 amide bonds. The van der Waals surface area contributed by atoms with E-state index < -0.39 is 15.7 Å². The molecule has 0 aliphatic rings. The lowest BCUT2D eigenvalue weighted by molar-refractivity contribution is -0.118. The number of hydrogen-bond acceptors (Lipinski definition) is 6. The maximum Gasteiger partial charge on any atom is 0.230 e. The molecule has 2 heterocycles. The van der Waals surface area contributed by atoms with Gasteiger partial charge in [0.2, 0.25) is 5.91 Å². The van der Waals surface area contributed by atoms with E-state index in [4.69, 9.17) is 0 Å². The Morgan fingerprint density at radius 2 is 1.88 bits per heavy atom. The van der Waals surface area contributed by atoms with Gasteiger partial charge in [-0.15, -0.1) is 0 Å². The van der Waals surface area contributed by atoms with E-state index in [9.17, 15) is 17.6 Å². The maximum absolute atomic E-state index is 13.2. The molecule has 0 saturated heterocycles. The van der Waals surface area contributed by atoms with E-state index in [1.54, 1.807) is 18.3 Å². The molecule has 4 aromatic rings. The summed E-state index contributed by atoms with van der Waals surface area (Å²) >= 11 is 1.39. The zero-order valence-corrected chi connectivity index (χ0v) is 19.6. The summed E-state index contributed by atoms with van der Waals surface area (Å²) in [4.78, 5) is 23.6. The molecule has 0 N–H and O–H groups in total. The quantitative estimate of drug-likeness (QED) is 0.337. The van der Waals surface area contributed by atoms with Crippen LogP contribution >= 0.6 is 11.3 Å². The van der Waals surface area contributed by atoms with Crippen molar-refractivity contribution in [3.8, 4) is 0 Å². The van der Waals surface area contributed by atoms with Crippen molar-refractivity contribution in [3.05, 3.63) is 83.9 Å². The van der Waals surface area contributed by atoms with Crippen LogP contribution in [-0.4, -0.2) is 30.0 Å². The fourth-order valence-corrected chi connectivity index (χ4v) is 5.60. The molecule has 170 valence electrons. The predicted molar refractivity (Wildman–Crippen MR) is 127 cm³/mol. The molecule has 0 unspecified atom stereocenters. The van der Waals surface area contributed by atoms with Gasteiger partial charge in [0.05, 0.1) is 33.1 Å². The Hall–Kier alpha value is -3.17. The highest BCUT2D eigenvalue weighted by atomic mass is 32.2. The fourth-order valence-electron chi connectivity index (χ4n) is 3.32. The summed E-state index contributed by atoms with van der Waals surface area (Å²) in [6.07, 6.45) is 2.30. The Morgan fingerprint density at radius 1 is 1.09 bits per heavy atom. The number of aryl methyl sites for hydroxylation is 1. The minimum absolute atomic E-state index is 0.0138. The second-order valence-electron chi connectivity index (χ2n) is 7.48. The Bertz CT molecular complexity index is 1370. The molecule has 0 radical (unpaired) electrons. The van der Waals surface area contributed by atoms with E-state index in [-0.39, 0.29) is 29.5 Å². The highest BCUT2D eigenvalue weighted by molar-refractivity contribution is 7.91. The van der Waals surface area contributed by atoms with Crippen LogP contribution in [0, 0.1) is 5.82 Å². The number of aromatic nitrogens is 2. The average Bonchev–Trinajstić information content (AvgIpc) is 3.25. The van der Waals surface area contributed by atoms with Gasteiger partial charge in [-0.25, -0.2) is 17.8 Å². The Balaban J connectivity index is 1.60. The molecule has 0 spiro atoms. The van der Waals surface area contributed by atoms with Crippen LogP contribution in [0.1, 0.15) is 24.6 Å². The van der Waals surface area contributed by atoms with Crippen molar-refractivity contribution in [2.45, 2.75) is 31.2 Å². The van der Waals surface area contributed by atoms with E-state index in [2.05, 4.69) is 23.0 Å². The second-order valence-corrected chi connectivity index (χ2v) is 10.6. The third kappa shape index (κ3) is 5.43. The van der Waals surface area contributed by atoms with Gasteiger partial charge in [-0.1, -0.05) is 30.4 Å². The first-order valence-corrected chi connectivity index (χ1v) is 12.9. The topological polar surface area (TPSA) is 80.2 Å². The van der Waals surface area contributed by atoms with Gasteiger partial charge in [-0.2, -0.15) is 0 Å². The third-order valence-corrected chi connectivity index (χ3v) is 7.96. The van der Waals surface area contributed by atoms with Crippen LogP contribution in [0.15, 0.2) is 71.8 Å². The number of halogens is 1. The normalized spacial score (nSPS) is 11.6. The molecule has 0 saturated carbocycles. The molecule has 9 heteroatoms. The molecule has 33 heavy (non-hydrogen) atoms. The van der Waals surface area contributed by atoms with Gasteiger partial charge in [0.25, 0.3) is 0 Å². The number of thiazole rings is 1. The Labute approximate surface area is 195 Å². The molecule has 0 aliphatic heterocycles. The van der Waals surface area contributed by atoms with Crippen molar-refractivity contribution in [2.24, 2.45) is 0 Å². The minimum atomic E-state index is -3.74. The van der Waals surface area contributed by atoms with E-state index in [1.807, 2.05) is 18.2 Å². The van der Waals surface area contributed by atoms with E-state index in [0.717, 1.165) is 28.8 Å². The predicted octanol–water partition coefficient (Wildman–Crippen LogP) is 4.79. The van der Waals surface area contributed by atoms with Gasteiger partial charge >= 0.3 is 0 Å². The van der Waals surface area contributed by atoms with Crippen LogP contribution in [0.25, 0.3) is 10.2 Å². The fraction of sp³-hybridized carbons (Fsp3) is 0.208. The van der Waals surface area contributed by atoms with Crippen LogP contribution in [0.5, 0.6) is 0 Å². The van der Waals surface area contributed by atoms with Gasteiger partial charge in [0.15, 0.2) is 15.0 Å². The first-order valence-electron chi connectivity index (χ1n) is 10.4. The van der Waals surface area contributed by atoms with Gasteiger partial charge in [-0.05, 0) is 60.5 Å². The number of nitrogens with zero attached hydrogens (tertiary/aromatic N) is 3. The average molecular weight is 484 g/mol. The summed E-state index contributed by atoms with van der Waals surface area (Å²) in [6.45, 7) is 2.25. The number of carbonyl (C=O) groups is 1. The first-order chi connectivity index (χ1) is 15.9. The van der Waals surface area contributed by atoms with Crippen molar-refractivity contribution in [1.82, 2.24) is 9.97 Å². The van der Waals surface area contributed by atoms with Crippen molar-refractivity contribution < 1.29 is 17.6 Å². The summed E-state index contributed by atoms with van der Waals surface area (Å²) in [5, 5.41) is 0.494. The first kappa shape index (κ1) is 23.0. The monoisotopic (exact) mass is 483 g/mol. The van der Waals surface area contributed by atoms with E-state index >= 15 is 0 Å². The van der Waals surface area contributed by atoms with E-state index in [0.29, 0.717) is 10.8 Å². The van der Waals surface area contributed by atoms with Gasteiger partial charge in [-0.3, -0.25) is 14.7 Å². The van der Waals surface area contributed by atoms with Crippen LogP contribution in [-0.2, 0) is 27.6 Å². The number of benzene rings is 2. The smallest absolute Gasteiger partial charge is 0.230 e. The zero-order chi connectivity index (χ0) is 23.4. The molecule has 6 nitrogen and oxygen atoms in total. The highest BCUT2D eigenvalue weighted by Gasteiger charge is 2.24. The van der Waals surface area contributed by atoms with Crippen LogP contribution in [0.3, 0.4) is 0 Å². The number of anilines is 1.